The standard InChI is InChI=1S/C19H24N4O6/c1-4-20-15(24)9-22(5-2)16(25)10-23-17(26)19(3,21-18(23)27)12-6-7-13-14(8-12)29-11-28-13/h6-8H,4-5,9-11H2,1-3H3,(H,20,24)(H,21,27)/t19-/m1/s1. The van der Waals surface area contributed by atoms with Crippen molar-refractivity contribution in [2.75, 3.05) is 33.0 Å². The molecule has 0 saturated carbocycles. The van der Waals surface area contributed by atoms with Crippen LogP contribution in [0.3, 0.4) is 0 Å². The number of rotatable bonds is 7. The summed E-state index contributed by atoms with van der Waals surface area (Å²) in [5, 5.41) is 5.27. The summed E-state index contributed by atoms with van der Waals surface area (Å²) in [6, 6.07) is 4.31. The molecule has 0 radical (unpaired) electrons. The first-order valence-corrected chi connectivity index (χ1v) is 9.38. The molecule has 1 aromatic rings. The van der Waals surface area contributed by atoms with Crippen molar-refractivity contribution in [2.45, 2.75) is 26.3 Å². The number of nitrogens with one attached hydrogen (secondary N) is 2. The number of benzene rings is 1. The van der Waals surface area contributed by atoms with Crippen LogP contribution >= 0.6 is 0 Å². The van der Waals surface area contributed by atoms with Gasteiger partial charge in [-0.3, -0.25) is 19.3 Å². The molecule has 2 aliphatic rings. The van der Waals surface area contributed by atoms with Gasteiger partial charge >= 0.3 is 6.03 Å². The first-order chi connectivity index (χ1) is 13.8. The van der Waals surface area contributed by atoms with E-state index < -0.39 is 29.9 Å². The molecule has 0 aromatic heterocycles. The van der Waals surface area contributed by atoms with Crippen molar-refractivity contribution in [1.82, 2.24) is 20.4 Å². The van der Waals surface area contributed by atoms with Gasteiger partial charge in [-0.15, -0.1) is 0 Å². The van der Waals surface area contributed by atoms with Crippen LogP contribution < -0.4 is 20.1 Å². The Kier molecular flexibility index (Phi) is 5.62. The van der Waals surface area contributed by atoms with E-state index in [-0.39, 0.29) is 25.8 Å². The highest BCUT2D eigenvalue weighted by Crippen LogP contribution is 2.37. The first kappa shape index (κ1) is 20.4. The molecule has 0 unspecified atom stereocenters. The quantitative estimate of drug-likeness (QED) is 0.626. The summed E-state index contributed by atoms with van der Waals surface area (Å²) >= 11 is 0. The molecule has 1 fully saturated rings. The minimum atomic E-state index is -1.34. The molecule has 3 rings (SSSR count). The summed E-state index contributed by atoms with van der Waals surface area (Å²) in [4.78, 5) is 52.0. The van der Waals surface area contributed by atoms with E-state index in [4.69, 9.17) is 9.47 Å². The molecule has 156 valence electrons. The fraction of sp³-hybridized carbons (Fsp3) is 0.474. The van der Waals surface area contributed by atoms with Crippen molar-refractivity contribution >= 4 is 23.8 Å². The number of imide groups is 1. The summed E-state index contributed by atoms with van der Waals surface area (Å²) in [7, 11) is 0. The molecular weight excluding hydrogens is 380 g/mol. The number of hydrogen-bond donors (Lipinski definition) is 2. The third kappa shape index (κ3) is 3.82. The SMILES string of the molecule is CCNC(=O)CN(CC)C(=O)CN1C(=O)N[C@](C)(c2ccc3c(c2)OCO3)C1=O. The maximum Gasteiger partial charge on any atom is 0.325 e. The Morgan fingerprint density at radius 3 is 2.66 bits per heavy atom. The van der Waals surface area contributed by atoms with Gasteiger partial charge in [-0.1, -0.05) is 6.07 Å². The molecule has 10 heteroatoms. The topological polar surface area (TPSA) is 117 Å². The molecule has 0 spiro atoms. The fourth-order valence-electron chi connectivity index (χ4n) is 3.28. The van der Waals surface area contributed by atoms with Gasteiger partial charge in [-0.05, 0) is 38.5 Å². The molecule has 1 saturated heterocycles. The van der Waals surface area contributed by atoms with Crippen molar-refractivity contribution in [3.8, 4) is 11.5 Å². The van der Waals surface area contributed by atoms with Gasteiger partial charge in [0, 0.05) is 13.1 Å². The monoisotopic (exact) mass is 404 g/mol. The van der Waals surface area contributed by atoms with Crippen molar-refractivity contribution in [2.24, 2.45) is 0 Å². The predicted molar refractivity (Wildman–Crippen MR) is 101 cm³/mol. The Morgan fingerprint density at radius 2 is 1.97 bits per heavy atom. The average molecular weight is 404 g/mol. The molecule has 10 nitrogen and oxygen atoms in total. The highest BCUT2D eigenvalue weighted by molar-refractivity contribution is 6.09. The van der Waals surface area contributed by atoms with E-state index in [1.54, 1.807) is 39.0 Å². The molecule has 2 N–H and O–H groups in total. The van der Waals surface area contributed by atoms with E-state index in [9.17, 15) is 19.2 Å². The summed E-state index contributed by atoms with van der Waals surface area (Å²) in [6.45, 7) is 5.31. The maximum absolute atomic E-state index is 13.0. The van der Waals surface area contributed by atoms with Crippen LogP contribution in [-0.2, 0) is 19.9 Å². The van der Waals surface area contributed by atoms with Gasteiger partial charge in [0.15, 0.2) is 11.5 Å². The number of hydrogen-bond acceptors (Lipinski definition) is 6. The lowest BCUT2D eigenvalue weighted by molar-refractivity contribution is -0.140. The Hall–Kier alpha value is -3.30. The zero-order valence-corrected chi connectivity index (χ0v) is 16.6. The van der Waals surface area contributed by atoms with Crippen LogP contribution in [0.5, 0.6) is 11.5 Å². The van der Waals surface area contributed by atoms with E-state index >= 15 is 0 Å². The van der Waals surface area contributed by atoms with E-state index in [0.717, 1.165) is 4.90 Å². The smallest absolute Gasteiger partial charge is 0.325 e. The van der Waals surface area contributed by atoms with Crippen LogP contribution in [0.4, 0.5) is 4.79 Å². The first-order valence-electron chi connectivity index (χ1n) is 9.38. The molecular formula is C19H24N4O6. The summed E-state index contributed by atoms with van der Waals surface area (Å²) in [5.74, 6) is -0.296. The largest absolute Gasteiger partial charge is 0.454 e. The highest BCUT2D eigenvalue weighted by Gasteiger charge is 2.50. The number of fused-ring (bicyclic) bond motifs is 1. The third-order valence-corrected chi connectivity index (χ3v) is 4.96. The Balaban J connectivity index is 1.74. The van der Waals surface area contributed by atoms with Gasteiger partial charge in [0.2, 0.25) is 18.6 Å². The summed E-state index contributed by atoms with van der Waals surface area (Å²) in [5.41, 5.74) is -0.820. The van der Waals surface area contributed by atoms with Crippen LogP contribution in [0.15, 0.2) is 18.2 Å². The van der Waals surface area contributed by atoms with Gasteiger partial charge in [0.05, 0.1) is 6.54 Å². The lowest BCUT2D eigenvalue weighted by Gasteiger charge is -2.24. The maximum atomic E-state index is 13.0. The van der Waals surface area contributed by atoms with E-state index in [1.807, 2.05) is 0 Å². The number of carbonyl (C=O) groups is 4. The van der Waals surface area contributed by atoms with Crippen LogP contribution in [-0.4, -0.2) is 66.5 Å². The van der Waals surface area contributed by atoms with Crippen LogP contribution in [0, 0.1) is 0 Å². The van der Waals surface area contributed by atoms with Crippen LogP contribution in [0.1, 0.15) is 26.3 Å². The van der Waals surface area contributed by atoms with E-state index in [1.165, 1.54) is 4.90 Å². The highest BCUT2D eigenvalue weighted by atomic mass is 16.7. The zero-order chi connectivity index (χ0) is 21.2. The van der Waals surface area contributed by atoms with Gasteiger partial charge in [0.1, 0.15) is 12.1 Å². The molecule has 29 heavy (non-hydrogen) atoms. The minimum absolute atomic E-state index is 0.0922. The Morgan fingerprint density at radius 1 is 1.24 bits per heavy atom. The zero-order valence-electron chi connectivity index (χ0n) is 16.6. The van der Waals surface area contributed by atoms with E-state index in [0.29, 0.717) is 23.6 Å². The van der Waals surface area contributed by atoms with Gasteiger partial charge in [-0.25, -0.2) is 4.79 Å². The lowest BCUT2D eigenvalue weighted by atomic mass is 9.91. The van der Waals surface area contributed by atoms with Gasteiger partial charge in [0.25, 0.3) is 5.91 Å². The second-order valence-electron chi connectivity index (χ2n) is 6.88. The van der Waals surface area contributed by atoms with Gasteiger partial charge < -0.3 is 25.0 Å². The molecule has 5 amide bonds. The number of nitrogens with zero attached hydrogens (tertiary/aromatic N) is 2. The second-order valence-corrected chi connectivity index (χ2v) is 6.88. The fourth-order valence-corrected chi connectivity index (χ4v) is 3.28. The van der Waals surface area contributed by atoms with Crippen LogP contribution in [0.2, 0.25) is 0 Å². The van der Waals surface area contributed by atoms with Gasteiger partial charge in [-0.2, -0.15) is 0 Å². The third-order valence-electron chi connectivity index (χ3n) is 4.96. The molecule has 0 bridgehead atoms. The van der Waals surface area contributed by atoms with Crippen molar-refractivity contribution < 1.29 is 28.7 Å². The number of likely N-dealkylation sites (N-methyl/N-ethyl adjacent to an activating group) is 2. The number of carbonyl (C=O) groups excluding carboxylic acids is 4. The molecule has 1 atom stereocenters. The summed E-state index contributed by atoms with van der Waals surface area (Å²) < 4.78 is 10.6. The Labute approximate surface area is 168 Å². The predicted octanol–water partition coefficient (Wildman–Crippen LogP) is 0.167. The van der Waals surface area contributed by atoms with Crippen LogP contribution in [0.25, 0.3) is 0 Å². The van der Waals surface area contributed by atoms with Crippen molar-refractivity contribution in [3.63, 3.8) is 0 Å². The minimum Gasteiger partial charge on any atom is -0.454 e. The molecule has 1 aromatic carbocycles. The Bertz CT molecular complexity index is 857. The number of ether oxygens (including phenoxy) is 2. The second kappa shape index (κ2) is 7.98. The molecule has 2 heterocycles. The number of urea groups is 1. The normalized spacial score (nSPS) is 19.9. The number of amides is 5. The van der Waals surface area contributed by atoms with E-state index in [2.05, 4.69) is 10.6 Å². The average Bonchev–Trinajstić information content (AvgIpc) is 3.24. The lowest BCUT2D eigenvalue weighted by Crippen LogP contribution is -2.47. The molecule has 2 aliphatic heterocycles. The summed E-state index contributed by atoms with van der Waals surface area (Å²) in [6.07, 6.45) is 0. The molecule has 0 aliphatic carbocycles. The van der Waals surface area contributed by atoms with Crippen molar-refractivity contribution in [1.29, 1.82) is 0 Å². The van der Waals surface area contributed by atoms with Crippen molar-refractivity contribution in [3.05, 3.63) is 23.8 Å².